The van der Waals surface area contributed by atoms with Gasteiger partial charge in [0.2, 0.25) is 10.0 Å². The first-order valence-corrected chi connectivity index (χ1v) is 9.13. The van der Waals surface area contributed by atoms with Crippen LogP contribution in [0.5, 0.6) is 0 Å². The molecule has 2 aromatic rings. The molecule has 3 N–H and O–H groups in total. The molecular weight excluding hydrogens is 304 g/mol. The molecule has 2 rings (SSSR count). The van der Waals surface area contributed by atoms with Crippen molar-refractivity contribution in [1.82, 2.24) is 4.72 Å². The van der Waals surface area contributed by atoms with Crippen LogP contribution < -0.4 is 10.5 Å². The standard InChI is InChI=1S/C15H20N2O2S2/c1-11-10-20-14(9-16)15(11)21(18,19)17-12(2)8-13-6-4-3-5-7-13/h3-7,10,12,17H,8-9,16H2,1-2H3. The highest BCUT2D eigenvalue weighted by Gasteiger charge is 2.24. The van der Waals surface area contributed by atoms with Gasteiger partial charge in [-0.05, 0) is 36.8 Å². The fraction of sp³-hybridized carbons (Fsp3) is 0.333. The molecule has 1 heterocycles. The molecule has 114 valence electrons. The largest absolute Gasteiger partial charge is 0.326 e. The van der Waals surface area contributed by atoms with E-state index in [1.54, 1.807) is 6.92 Å². The summed E-state index contributed by atoms with van der Waals surface area (Å²) in [6.07, 6.45) is 0.654. The van der Waals surface area contributed by atoms with E-state index >= 15 is 0 Å². The summed E-state index contributed by atoms with van der Waals surface area (Å²) in [6, 6.07) is 9.65. The summed E-state index contributed by atoms with van der Waals surface area (Å²) in [7, 11) is -3.53. The van der Waals surface area contributed by atoms with Crippen LogP contribution in [0.4, 0.5) is 0 Å². The van der Waals surface area contributed by atoms with Crippen LogP contribution in [0.2, 0.25) is 0 Å². The minimum atomic E-state index is -3.53. The Bertz CT molecular complexity index is 694. The molecule has 0 aliphatic heterocycles. The zero-order valence-corrected chi connectivity index (χ0v) is 13.8. The van der Waals surface area contributed by atoms with Gasteiger partial charge in [-0.3, -0.25) is 0 Å². The molecule has 0 amide bonds. The van der Waals surface area contributed by atoms with E-state index in [1.165, 1.54) is 11.3 Å². The van der Waals surface area contributed by atoms with E-state index in [4.69, 9.17) is 5.73 Å². The van der Waals surface area contributed by atoms with Crippen molar-refractivity contribution in [1.29, 1.82) is 0 Å². The Labute approximate surface area is 130 Å². The highest BCUT2D eigenvalue weighted by Crippen LogP contribution is 2.26. The molecule has 0 radical (unpaired) electrons. The SMILES string of the molecule is Cc1csc(CN)c1S(=O)(=O)NC(C)Cc1ccccc1. The summed E-state index contributed by atoms with van der Waals surface area (Å²) >= 11 is 1.39. The number of aryl methyl sites for hydroxylation is 1. The van der Waals surface area contributed by atoms with E-state index in [-0.39, 0.29) is 12.6 Å². The van der Waals surface area contributed by atoms with E-state index in [2.05, 4.69) is 4.72 Å². The average Bonchev–Trinajstić information content (AvgIpc) is 2.81. The third kappa shape index (κ3) is 3.91. The summed E-state index contributed by atoms with van der Waals surface area (Å²) in [6.45, 7) is 3.91. The Morgan fingerprint density at radius 1 is 1.29 bits per heavy atom. The fourth-order valence-corrected chi connectivity index (χ4v) is 5.27. The number of nitrogens with one attached hydrogen (secondary N) is 1. The summed E-state index contributed by atoms with van der Waals surface area (Å²) in [4.78, 5) is 1.04. The van der Waals surface area contributed by atoms with Gasteiger partial charge in [0, 0.05) is 17.5 Å². The quantitative estimate of drug-likeness (QED) is 0.857. The lowest BCUT2D eigenvalue weighted by Crippen LogP contribution is -2.34. The van der Waals surface area contributed by atoms with Gasteiger partial charge < -0.3 is 5.73 Å². The van der Waals surface area contributed by atoms with E-state index in [0.29, 0.717) is 16.2 Å². The maximum atomic E-state index is 12.5. The maximum absolute atomic E-state index is 12.5. The number of rotatable bonds is 6. The van der Waals surface area contributed by atoms with Gasteiger partial charge in [-0.25, -0.2) is 13.1 Å². The van der Waals surface area contributed by atoms with Gasteiger partial charge in [-0.2, -0.15) is 0 Å². The number of nitrogens with two attached hydrogens (primary N) is 1. The van der Waals surface area contributed by atoms with Crippen molar-refractivity contribution >= 4 is 21.4 Å². The number of sulfonamides is 1. The van der Waals surface area contributed by atoms with Gasteiger partial charge in [0.15, 0.2) is 0 Å². The molecule has 4 nitrogen and oxygen atoms in total. The van der Waals surface area contributed by atoms with Gasteiger partial charge in [-0.1, -0.05) is 30.3 Å². The Morgan fingerprint density at radius 3 is 2.57 bits per heavy atom. The van der Waals surface area contributed by atoms with Gasteiger partial charge >= 0.3 is 0 Å². The number of hydrogen-bond acceptors (Lipinski definition) is 4. The van der Waals surface area contributed by atoms with Crippen molar-refractivity contribution in [2.24, 2.45) is 5.73 Å². The fourth-order valence-electron chi connectivity index (χ4n) is 2.32. The smallest absolute Gasteiger partial charge is 0.242 e. The maximum Gasteiger partial charge on any atom is 0.242 e. The van der Waals surface area contributed by atoms with Gasteiger partial charge in [-0.15, -0.1) is 11.3 Å². The summed E-state index contributed by atoms with van der Waals surface area (Å²) in [5.74, 6) is 0. The minimum Gasteiger partial charge on any atom is -0.326 e. The van der Waals surface area contributed by atoms with Gasteiger partial charge in [0.1, 0.15) is 4.90 Å². The Balaban J connectivity index is 2.15. The van der Waals surface area contributed by atoms with Crippen LogP contribution in [0, 0.1) is 6.92 Å². The van der Waals surface area contributed by atoms with Crippen LogP contribution in [0.15, 0.2) is 40.6 Å². The van der Waals surface area contributed by atoms with E-state index < -0.39 is 10.0 Å². The molecule has 1 aromatic carbocycles. The lowest BCUT2D eigenvalue weighted by atomic mass is 10.1. The summed E-state index contributed by atoms with van der Waals surface area (Å²) in [5, 5.41) is 1.83. The Morgan fingerprint density at radius 2 is 1.95 bits per heavy atom. The molecule has 21 heavy (non-hydrogen) atoms. The predicted octanol–water partition coefficient (Wildman–Crippen LogP) is 2.42. The normalized spacial score (nSPS) is 13.3. The van der Waals surface area contributed by atoms with Crippen molar-refractivity contribution < 1.29 is 8.42 Å². The molecule has 1 unspecified atom stereocenters. The van der Waals surface area contributed by atoms with Crippen LogP contribution in [-0.4, -0.2) is 14.5 Å². The highest BCUT2D eigenvalue weighted by molar-refractivity contribution is 7.89. The molecule has 1 atom stereocenters. The number of hydrogen-bond donors (Lipinski definition) is 2. The third-order valence-corrected chi connectivity index (χ3v) is 6.26. The molecule has 0 fully saturated rings. The van der Waals surface area contributed by atoms with Crippen LogP contribution in [0.25, 0.3) is 0 Å². The third-order valence-electron chi connectivity index (χ3n) is 3.18. The van der Waals surface area contributed by atoms with E-state index in [9.17, 15) is 8.42 Å². The molecule has 0 spiro atoms. The lowest BCUT2D eigenvalue weighted by molar-refractivity contribution is 0.558. The summed E-state index contributed by atoms with van der Waals surface area (Å²) in [5.41, 5.74) is 7.49. The van der Waals surface area contributed by atoms with E-state index in [0.717, 1.165) is 11.1 Å². The first kappa shape index (κ1) is 16.2. The van der Waals surface area contributed by atoms with Gasteiger partial charge in [0.05, 0.1) is 0 Å². The molecular formula is C15H20N2O2S2. The first-order chi connectivity index (χ1) is 9.94. The predicted molar refractivity (Wildman–Crippen MR) is 86.9 cm³/mol. The molecule has 0 bridgehead atoms. The van der Waals surface area contributed by atoms with Crippen molar-refractivity contribution in [3.05, 3.63) is 51.7 Å². The van der Waals surface area contributed by atoms with Crippen molar-refractivity contribution in [2.75, 3.05) is 0 Å². The van der Waals surface area contributed by atoms with Crippen LogP contribution >= 0.6 is 11.3 Å². The zero-order chi connectivity index (χ0) is 15.5. The second-order valence-corrected chi connectivity index (χ2v) is 7.70. The molecule has 0 saturated carbocycles. The average molecular weight is 324 g/mol. The first-order valence-electron chi connectivity index (χ1n) is 6.77. The van der Waals surface area contributed by atoms with Crippen LogP contribution in [-0.2, 0) is 23.0 Å². The Kier molecular flexibility index (Phi) is 5.16. The molecule has 1 aromatic heterocycles. The van der Waals surface area contributed by atoms with E-state index in [1.807, 2.05) is 42.6 Å². The number of benzene rings is 1. The van der Waals surface area contributed by atoms with Crippen LogP contribution in [0.1, 0.15) is 22.9 Å². The highest BCUT2D eigenvalue weighted by atomic mass is 32.2. The molecule has 0 aliphatic rings. The van der Waals surface area contributed by atoms with Crippen molar-refractivity contribution in [3.63, 3.8) is 0 Å². The molecule has 6 heteroatoms. The molecule has 0 aliphatic carbocycles. The van der Waals surface area contributed by atoms with Gasteiger partial charge in [0.25, 0.3) is 0 Å². The second-order valence-electron chi connectivity index (χ2n) is 5.09. The minimum absolute atomic E-state index is 0.178. The van der Waals surface area contributed by atoms with Crippen LogP contribution in [0.3, 0.4) is 0 Å². The summed E-state index contributed by atoms with van der Waals surface area (Å²) < 4.78 is 27.8. The molecule has 0 saturated heterocycles. The zero-order valence-electron chi connectivity index (χ0n) is 12.2. The lowest BCUT2D eigenvalue weighted by Gasteiger charge is -2.15. The van der Waals surface area contributed by atoms with Crippen molar-refractivity contribution in [2.45, 2.75) is 37.8 Å². The second kappa shape index (κ2) is 6.70. The Hall–Kier alpha value is -1.21. The van der Waals surface area contributed by atoms with Crippen molar-refractivity contribution in [3.8, 4) is 0 Å². The number of thiophene rings is 1. The topological polar surface area (TPSA) is 72.2 Å². The monoisotopic (exact) mass is 324 g/mol.